The van der Waals surface area contributed by atoms with Gasteiger partial charge < -0.3 is 4.55 Å². The molecule has 0 saturated heterocycles. The predicted octanol–water partition coefficient (Wildman–Crippen LogP) is 0.904. The van der Waals surface area contributed by atoms with Crippen LogP contribution in [0.2, 0.25) is 0 Å². The molecule has 0 saturated carbocycles. The molecule has 0 unspecified atom stereocenters. The van der Waals surface area contributed by atoms with Crippen LogP contribution in [0.4, 0.5) is 17.6 Å². The molecule has 19 heavy (non-hydrogen) atoms. The van der Waals surface area contributed by atoms with Crippen molar-refractivity contribution in [3.05, 3.63) is 29.8 Å². The van der Waals surface area contributed by atoms with E-state index in [9.17, 15) is 22.4 Å². The van der Waals surface area contributed by atoms with E-state index in [0.29, 0.717) is 0 Å². The molecule has 5 nitrogen and oxygen atoms in total. The Morgan fingerprint density at radius 1 is 1.37 bits per heavy atom. The van der Waals surface area contributed by atoms with E-state index < -0.39 is 21.6 Å². The fraction of sp³-hybridized carbons (Fsp3) is 0.333. The Hall–Kier alpha value is -1.55. The number of hydrogen-bond donors (Lipinski definition) is 0. The average Bonchev–Trinajstić information content (AvgIpc) is 2.19. The second-order valence-corrected chi connectivity index (χ2v) is 4.65. The molecule has 0 N–H and O–H groups in total. The maximum absolute atomic E-state index is 13.0. The zero-order chi connectivity index (χ0) is 15.4. The van der Waals surface area contributed by atoms with Crippen LogP contribution in [0, 0.1) is 5.95 Å². The topological polar surface area (TPSA) is 78.1 Å². The van der Waals surface area contributed by atoms with Crippen molar-refractivity contribution >= 4 is 15.9 Å². The van der Waals surface area contributed by atoms with Crippen LogP contribution < -0.4 is 4.57 Å². The van der Waals surface area contributed by atoms with E-state index in [1.54, 1.807) is 19.3 Å². The molecule has 1 heterocycles. The number of carbonyl (C=O) groups excluding carboxylic acids is 1. The predicted molar refractivity (Wildman–Crippen MR) is 53.3 cm³/mol. The summed E-state index contributed by atoms with van der Waals surface area (Å²) in [5.74, 6) is -0.737. The molecule has 108 valence electrons. The highest BCUT2D eigenvalue weighted by Crippen LogP contribution is 2.20. The van der Waals surface area contributed by atoms with Gasteiger partial charge in [-0.15, -0.1) is 4.39 Å². The normalized spacial score (nSPS) is 11.5. The number of carbonyl (C=O) groups is 1. The van der Waals surface area contributed by atoms with Crippen LogP contribution in [0.15, 0.2) is 18.3 Å². The molecule has 0 aliphatic carbocycles. The van der Waals surface area contributed by atoms with E-state index >= 15 is 0 Å². The van der Waals surface area contributed by atoms with Crippen molar-refractivity contribution in [2.45, 2.75) is 12.4 Å². The highest BCUT2D eigenvalue weighted by Gasteiger charge is 2.36. The molecule has 0 radical (unpaired) electrons. The largest absolute Gasteiger partial charge is 0.741 e. The monoisotopic (exact) mass is 303 g/mol. The third kappa shape index (κ3) is 5.30. The van der Waals surface area contributed by atoms with E-state index in [0.717, 1.165) is 0 Å². The summed E-state index contributed by atoms with van der Waals surface area (Å²) in [6.45, 7) is 1.35. The van der Waals surface area contributed by atoms with Crippen LogP contribution in [0.3, 0.4) is 0 Å². The molecule has 10 heteroatoms. The lowest BCUT2D eigenvalue weighted by atomic mass is 10.2. The van der Waals surface area contributed by atoms with Gasteiger partial charge in [-0.1, -0.05) is 0 Å². The number of ketones is 1. The molecule has 1 aromatic heterocycles. The molecule has 0 spiro atoms. The van der Waals surface area contributed by atoms with Crippen LogP contribution >= 0.6 is 0 Å². The van der Waals surface area contributed by atoms with Crippen molar-refractivity contribution in [2.24, 2.45) is 7.05 Å². The summed E-state index contributed by atoms with van der Waals surface area (Å²) in [5.41, 5.74) is -5.51. The summed E-state index contributed by atoms with van der Waals surface area (Å²) in [4.78, 5) is 10.8. The minimum atomic E-state index is -6.09. The number of hydrogen-bond acceptors (Lipinski definition) is 4. The van der Waals surface area contributed by atoms with E-state index in [2.05, 4.69) is 0 Å². The lowest BCUT2D eigenvalue weighted by Crippen LogP contribution is -2.34. The second kappa shape index (κ2) is 6.06. The fourth-order valence-electron chi connectivity index (χ4n) is 0.855. The molecule has 0 bridgehead atoms. The molecule has 1 aromatic rings. The number of halogens is 4. The van der Waals surface area contributed by atoms with Crippen LogP contribution in [-0.2, 0) is 17.2 Å². The van der Waals surface area contributed by atoms with Gasteiger partial charge in [-0.2, -0.15) is 17.7 Å². The molecule has 0 aromatic carbocycles. The fourth-order valence-corrected chi connectivity index (χ4v) is 0.855. The molecule has 0 atom stereocenters. The first-order valence-corrected chi connectivity index (χ1v) is 5.96. The van der Waals surface area contributed by atoms with Gasteiger partial charge in [-0.05, 0) is 13.0 Å². The van der Waals surface area contributed by atoms with Crippen LogP contribution in [0.25, 0.3) is 0 Å². The molecular weight excluding hydrogens is 294 g/mol. The Labute approximate surface area is 106 Å². The zero-order valence-corrected chi connectivity index (χ0v) is 10.5. The number of alkyl halides is 3. The highest BCUT2D eigenvalue weighted by atomic mass is 32.2. The molecule has 0 aliphatic heterocycles. The van der Waals surface area contributed by atoms with Crippen molar-refractivity contribution in [3.63, 3.8) is 0 Å². The van der Waals surface area contributed by atoms with Gasteiger partial charge in [-0.3, -0.25) is 4.79 Å². The first-order valence-electron chi connectivity index (χ1n) is 4.55. The van der Waals surface area contributed by atoms with E-state index in [1.807, 2.05) is 0 Å². The first-order chi connectivity index (χ1) is 8.38. The summed E-state index contributed by atoms with van der Waals surface area (Å²) in [6, 6.07) is 3.11. The second-order valence-electron chi connectivity index (χ2n) is 3.28. The van der Waals surface area contributed by atoms with Gasteiger partial charge in [0.25, 0.3) is 0 Å². The van der Waals surface area contributed by atoms with Crippen LogP contribution in [-0.4, -0.2) is 24.3 Å². The highest BCUT2D eigenvalue weighted by molar-refractivity contribution is 7.86. The summed E-state index contributed by atoms with van der Waals surface area (Å²) in [5, 5.41) is 0. The van der Waals surface area contributed by atoms with Gasteiger partial charge in [0, 0.05) is 6.07 Å². The Morgan fingerprint density at radius 2 is 1.79 bits per heavy atom. The SMILES string of the molecule is CC(=O)c1ccc[n+](C)c1F.O=S(=O)([O-])C(F)(F)F. The first kappa shape index (κ1) is 17.4. The number of aromatic nitrogens is 1. The maximum atomic E-state index is 13.0. The molecule has 0 fully saturated rings. The summed E-state index contributed by atoms with van der Waals surface area (Å²) < 4.78 is 73.2. The third-order valence-corrected chi connectivity index (χ3v) is 2.33. The van der Waals surface area contributed by atoms with Crippen molar-refractivity contribution < 1.29 is 39.9 Å². The molecule has 1 rings (SSSR count). The van der Waals surface area contributed by atoms with Gasteiger partial charge >= 0.3 is 11.5 Å². The molecular formula is C9H9F4NO4S. The summed E-state index contributed by atoms with van der Waals surface area (Å²) in [7, 11) is -4.53. The molecule has 0 amide bonds. The van der Waals surface area contributed by atoms with E-state index in [-0.39, 0.29) is 11.3 Å². The van der Waals surface area contributed by atoms with E-state index in [1.165, 1.54) is 17.6 Å². The van der Waals surface area contributed by atoms with Crippen molar-refractivity contribution in [1.82, 2.24) is 0 Å². The number of pyridine rings is 1. The Morgan fingerprint density at radius 3 is 2.05 bits per heavy atom. The van der Waals surface area contributed by atoms with Crippen molar-refractivity contribution in [3.8, 4) is 0 Å². The quantitative estimate of drug-likeness (QED) is 0.193. The minimum absolute atomic E-state index is 0.134. The number of rotatable bonds is 1. The average molecular weight is 303 g/mol. The van der Waals surface area contributed by atoms with Crippen molar-refractivity contribution in [2.75, 3.05) is 0 Å². The van der Waals surface area contributed by atoms with Gasteiger partial charge in [-0.25, -0.2) is 8.42 Å². The van der Waals surface area contributed by atoms with Crippen molar-refractivity contribution in [1.29, 1.82) is 0 Å². The number of Topliss-reactive ketones (excluding diaryl/α,β-unsaturated/α-hetero) is 1. The van der Waals surface area contributed by atoms with Crippen LogP contribution in [0.5, 0.6) is 0 Å². The Kier molecular flexibility index (Phi) is 5.57. The third-order valence-electron chi connectivity index (χ3n) is 1.77. The molecule has 0 aliphatic rings. The lowest BCUT2D eigenvalue weighted by molar-refractivity contribution is -0.700. The zero-order valence-electron chi connectivity index (χ0n) is 9.73. The number of nitrogens with zero attached hydrogens (tertiary/aromatic N) is 1. The summed E-state index contributed by atoms with van der Waals surface area (Å²) >= 11 is 0. The minimum Gasteiger partial charge on any atom is -0.741 e. The standard InChI is InChI=1S/C8H9FNO.CHF3O3S/c1-6(11)7-4-3-5-10(2)8(7)9;2-1(3,4)8(5,6)7/h3-5H,1-2H3;(H,5,6,7)/q+1;/p-1. The number of aryl methyl sites for hydroxylation is 1. The van der Waals surface area contributed by atoms with E-state index in [4.69, 9.17) is 13.0 Å². The van der Waals surface area contributed by atoms with Gasteiger partial charge in [0.2, 0.25) is 0 Å². The van der Waals surface area contributed by atoms with Gasteiger partial charge in [0.1, 0.15) is 12.6 Å². The lowest BCUT2D eigenvalue weighted by Gasteiger charge is -2.08. The van der Waals surface area contributed by atoms with Crippen LogP contribution in [0.1, 0.15) is 17.3 Å². The Balaban J connectivity index is 0.000000362. The van der Waals surface area contributed by atoms with Gasteiger partial charge in [0.05, 0.1) is 0 Å². The van der Waals surface area contributed by atoms with Gasteiger partial charge in [0.15, 0.2) is 22.1 Å². The maximum Gasteiger partial charge on any atom is 0.485 e. The smallest absolute Gasteiger partial charge is 0.485 e. The Bertz CT molecular complexity index is 568. The summed E-state index contributed by atoms with van der Waals surface area (Å²) in [6.07, 6.45) is 1.56.